The van der Waals surface area contributed by atoms with E-state index in [0.29, 0.717) is 17.5 Å². The summed E-state index contributed by atoms with van der Waals surface area (Å²) in [6, 6.07) is 5.17. The van der Waals surface area contributed by atoms with Crippen LogP contribution in [0.15, 0.2) is 18.2 Å². The van der Waals surface area contributed by atoms with Crippen LogP contribution in [0.2, 0.25) is 0 Å². The average Bonchev–Trinajstić information content (AvgIpc) is 2.81. The van der Waals surface area contributed by atoms with Crippen LogP contribution in [0.4, 0.5) is 13.2 Å². The van der Waals surface area contributed by atoms with E-state index >= 15 is 0 Å². The van der Waals surface area contributed by atoms with Gasteiger partial charge in [-0.2, -0.15) is 13.2 Å². The van der Waals surface area contributed by atoms with Gasteiger partial charge in [-0.1, -0.05) is 44.9 Å². The number of nitrogens with zero attached hydrogens (tertiary/aromatic N) is 1. The summed E-state index contributed by atoms with van der Waals surface area (Å²) in [6.45, 7) is 7.27. The Morgan fingerprint density at radius 1 is 1.26 bits per heavy atom. The van der Waals surface area contributed by atoms with E-state index < -0.39 is 12.6 Å². The van der Waals surface area contributed by atoms with Gasteiger partial charge >= 0.3 is 6.18 Å². The molecule has 0 unspecified atom stereocenters. The molecular weight excluding hydrogens is 387 g/mol. The van der Waals surface area contributed by atoms with E-state index in [9.17, 15) is 13.2 Å². The van der Waals surface area contributed by atoms with E-state index in [4.69, 9.17) is 0 Å². The molecule has 0 N–H and O–H groups in total. The quantitative estimate of drug-likeness (QED) is 0.551. The van der Waals surface area contributed by atoms with E-state index in [-0.39, 0.29) is 0 Å². The number of rotatable bonds is 4. The molecule has 1 aromatic heterocycles. The summed E-state index contributed by atoms with van der Waals surface area (Å²) in [5.41, 5.74) is 5.27. The van der Waals surface area contributed by atoms with Crippen molar-refractivity contribution >= 4 is 24.2 Å². The molecule has 27 heavy (non-hydrogen) atoms. The number of thiophene rings is 1. The van der Waals surface area contributed by atoms with Gasteiger partial charge in [0.2, 0.25) is 0 Å². The van der Waals surface area contributed by atoms with Crippen LogP contribution in [0.1, 0.15) is 47.4 Å². The van der Waals surface area contributed by atoms with Crippen LogP contribution in [0.5, 0.6) is 0 Å². The van der Waals surface area contributed by atoms with Gasteiger partial charge in [-0.25, -0.2) is 0 Å². The molecule has 1 aliphatic rings. The molecule has 3 rings (SSSR count). The third kappa shape index (κ3) is 4.90. The first-order valence-electron chi connectivity index (χ1n) is 9.15. The second-order valence-electron chi connectivity index (χ2n) is 8.40. The minimum Gasteiger partial charge on any atom is -0.252 e. The fraction of sp³-hybridized carbons (Fsp3) is 0.524. The fourth-order valence-corrected chi connectivity index (χ4v) is 5.44. The highest BCUT2D eigenvalue weighted by atomic mass is 32.1. The van der Waals surface area contributed by atoms with E-state index in [1.165, 1.54) is 27.3 Å². The Bertz CT molecular complexity index is 835. The maximum absolute atomic E-state index is 12.8. The first-order valence-corrected chi connectivity index (χ1v) is 10.4. The first-order chi connectivity index (χ1) is 12.5. The number of halogens is 3. The Hall–Kier alpha value is -0.980. The summed E-state index contributed by atoms with van der Waals surface area (Å²) in [5, 5.41) is 0. The normalized spacial score (nSPS) is 16.6. The lowest BCUT2D eigenvalue weighted by Gasteiger charge is -2.29. The number of fused-ring (bicyclic) bond motifs is 1. The Kier molecular flexibility index (Phi) is 5.72. The maximum Gasteiger partial charge on any atom is 0.393 e. The van der Waals surface area contributed by atoms with Crippen molar-refractivity contribution in [1.82, 2.24) is 4.31 Å². The molecule has 0 radical (unpaired) electrons. The van der Waals surface area contributed by atoms with Gasteiger partial charge in [0, 0.05) is 16.3 Å². The van der Waals surface area contributed by atoms with Crippen molar-refractivity contribution in [2.45, 2.75) is 59.2 Å². The van der Waals surface area contributed by atoms with Crippen LogP contribution >= 0.6 is 24.2 Å². The van der Waals surface area contributed by atoms with Crippen molar-refractivity contribution < 1.29 is 13.2 Å². The summed E-state index contributed by atoms with van der Waals surface area (Å²) in [4.78, 5) is 2.63. The molecule has 0 aliphatic heterocycles. The van der Waals surface area contributed by atoms with Gasteiger partial charge in [-0.05, 0) is 66.5 Å². The molecule has 148 valence electrons. The van der Waals surface area contributed by atoms with Crippen LogP contribution in [-0.2, 0) is 25.8 Å². The molecule has 1 heterocycles. The summed E-state index contributed by atoms with van der Waals surface area (Å²) in [5.74, 6) is 0. The van der Waals surface area contributed by atoms with Gasteiger partial charge < -0.3 is 0 Å². The number of alkyl halides is 3. The minimum atomic E-state index is -4.20. The second kappa shape index (κ2) is 7.45. The lowest BCUT2D eigenvalue weighted by Crippen LogP contribution is -2.21. The minimum absolute atomic E-state index is 0.302. The molecule has 0 fully saturated rings. The molecule has 1 nitrogen and oxygen atoms in total. The van der Waals surface area contributed by atoms with Crippen molar-refractivity contribution in [2.24, 2.45) is 5.41 Å². The molecular formula is C21H26F3NS2. The number of benzene rings is 1. The van der Waals surface area contributed by atoms with E-state index in [0.717, 1.165) is 24.0 Å². The number of thiol groups is 1. The topological polar surface area (TPSA) is 3.24 Å². The lowest BCUT2D eigenvalue weighted by molar-refractivity contribution is -0.127. The molecule has 0 bridgehead atoms. The molecule has 0 atom stereocenters. The van der Waals surface area contributed by atoms with E-state index in [1.54, 1.807) is 16.4 Å². The van der Waals surface area contributed by atoms with Gasteiger partial charge in [0.15, 0.2) is 0 Å². The zero-order valence-electron chi connectivity index (χ0n) is 16.2. The molecule has 1 aromatic carbocycles. The van der Waals surface area contributed by atoms with Crippen LogP contribution in [-0.4, -0.2) is 17.5 Å². The summed E-state index contributed by atoms with van der Waals surface area (Å²) in [7, 11) is 1.82. The van der Waals surface area contributed by atoms with Gasteiger partial charge in [0.25, 0.3) is 0 Å². The van der Waals surface area contributed by atoms with Gasteiger partial charge in [0.1, 0.15) is 0 Å². The van der Waals surface area contributed by atoms with Crippen molar-refractivity contribution in [1.29, 1.82) is 0 Å². The lowest BCUT2D eigenvalue weighted by atomic mass is 9.76. The number of aryl methyl sites for hydroxylation is 1. The number of hydrogen-bond donors (Lipinski definition) is 1. The van der Waals surface area contributed by atoms with Crippen molar-refractivity contribution in [3.63, 3.8) is 0 Å². The zero-order valence-corrected chi connectivity index (χ0v) is 17.9. The fourth-order valence-electron chi connectivity index (χ4n) is 3.90. The highest BCUT2D eigenvalue weighted by Gasteiger charge is 2.30. The molecule has 0 saturated carbocycles. The predicted octanol–water partition coefficient (Wildman–Crippen LogP) is 6.62. The molecule has 0 spiro atoms. The summed E-state index contributed by atoms with van der Waals surface area (Å²) >= 11 is 6.14. The Morgan fingerprint density at radius 3 is 2.59 bits per heavy atom. The van der Waals surface area contributed by atoms with Crippen LogP contribution in [0.3, 0.4) is 0 Å². The monoisotopic (exact) mass is 413 g/mol. The maximum atomic E-state index is 12.8. The second-order valence-corrected chi connectivity index (χ2v) is 10.2. The Balaban J connectivity index is 2.05. The van der Waals surface area contributed by atoms with Gasteiger partial charge in [-0.15, -0.1) is 11.3 Å². The average molecular weight is 414 g/mol. The van der Waals surface area contributed by atoms with Gasteiger partial charge in [0.05, 0.1) is 6.42 Å². The van der Waals surface area contributed by atoms with Crippen molar-refractivity contribution in [3.05, 3.63) is 45.3 Å². The molecule has 0 amide bonds. The van der Waals surface area contributed by atoms with Crippen LogP contribution < -0.4 is 0 Å². The van der Waals surface area contributed by atoms with Crippen LogP contribution in [0, 0.1) is 12.3 Å². The third-order valence-corrected chi connectivity index (χ3v) is 6.83. The Morgan fingerprint density at radius 2 is 1.96 bits per heavy atom. The third-order valence-electron chi connectivity index (χ3n) is 5.26. The van der Waals surface area contributed by atoms with Gasteiger partial charge in [-0.3, -0.25) is 4.31 Å². The van der Waals surface area contributed by atoms with Crippen LogP contribution in [0.25, 0.3) is 10.4 Å². The summed E-state index contributed by atoms with van der Waals surface area (Å²) < 4.78 is 40.2. The van der Waals surface area contributed by atoms with E-state index in [1.807, 2.05) is 24.5 Å². The molecule has 1 aliphatic carbocycles. The Labute approximate surface area is 169 Å². The highest BCUT2D eigenvalue weighted by Crippen LogP contribution is 2.45. The van der Waals surface area contributed by atoms with E-state index in [2.05, 4.69) is 33.6 Å². The highest BCUT2D eigenvalue weighted by molar-refractivity contribution is 7.77. The van der Waals surface area contributed by atoms with Crippen molar-refractivity contribution in [3.8, 4) is 10.4 Å². The number of hydrogen-bond acceptors (Lipinski definition) is 3. The largest absolute Gasteiger partial charge is 0.393 e. The SMILES string of the molecule is Cc1c(-c2ccc(CC(F)(F)F)cc2CN(C)S)sc2c1CC(C)(C)CC2. The zero-order chi connectivity index (χ0) is 20.0. The first kappa shape index (κ1) is 20.7. The van der Waals surface area contributed by atoms with Crippen molar-refractivity contribution in [2.75, 3.05) is 7.05 Å². The summed E-state index contributed by atoms with van der Waals surface area (Å²) in [6.07, 6.45) is -1.77. The molecule has 6 heteroatoms. The molecule has 2 aromatic rings. The smallest absolute Gasteiger partial charge is 0.252 e. The molecule has 0 saturated heterocycles. The predicted molar refractivity (Wildman–Crippen MR) is 111 cm³/mol. The standard InChI is InChI=1S/C21H26F3NS2/c1-13-17-11-20(2,3)8-7-18(17)27-19(13)16-6-5-14(10-21(22,23)24)9-15(16)12-25(4)26/h5-6,9,26H,7-8,10-12H2,1-4H3.